The minimum Gasteiger partial charge on any atom is -0.469 e. The van der Waals surface area contributed by atoms with E-state index in [4.69, 9.17) is 4.74 Å². The summed E-state index contributed by atoms with van der Waals surface area (Å²) >= 11 is 0. The van der Waals surface area contributed by atoms with E-state index >= 15 is 0 Å². The molecule has 1 heterocycles. The normalized spacial score (nSPS) is 20.3. The zero-order valence-corrected chi connectivity index (χ0v) is 10.9. The van der Waals surface area contributed by atoms with Gasteiger partial charge < -0.3 is 4.74 Å². The van der Waals surface area contributed by atoms with Crippen molar-refractivity contribution in [2.75, 3.05) is 20.2 Å². The van der Waals surface area contributed by atoms with E-state index in [1.165, 1.54) is 13.2 Å². The van der Waals surface area contributed by atoms with E-state index in [0.29, 0.717) is 18.7 Å². The highest BCUT2D eigenvalue weighted by atomic mass is 19.2. The lowest BCUT2D eigenvalue weighted by Gasteiger charge is -2.31. The first-order valence-corrected chi connectivity index (χ1v) is 6.35. The summed E-state index contributed by atoms with van der Waals surface area (Å²) in [5.74, 6) is -2.04. The number of carbonyl (C=O) groups is 1. The van der Waals surface area contributed by atoms with Crippen LogP contribution in [0.4, 0.5) is 8.78 Å². The van der Waals surface area contributed by atoms with Crippen LogP contribution >= 0.6 is 0 Å². The Hall–Kier alpha value is -1.49. The smallest absolute Gasteiger partial charge is 0.309 e. The van der Waals surface area contributed by atoms with E-state index in [9.17, 15) is 13.6 Å². The van der Waals surface area contributed by atoms with Crippen molar-refractivity contribution in [3.8, 4) is 0 Å². The second-order valence-electron chi connectivity index (χ2n) is 4.81. The second-order valence-corrected chi connectivity index (χ2v) is 4.81. The molecule has 0 N–H and O–H groups in total. The van der Waals surface area contributed by atoms with Crippen LogP contribution in [0.2, 0.25) is 0 Å². The lowest BCUT2D eigenvalue weighted by molar-refractivity contribution is -0.147. The Bertz CT molecular complexity index is 465. The number of carbonyl (C=O) groups excluding carboxylic acids is 1. The fourth-order valence-corrected chi connectivity index (χ4v) is 2.47. The minimum atomic E-state index is -0.834. The Kier molecular flexibility index (Phi) is 4.47. The predicted octanol–water partition coefficient (Wildman–Crippen LogP) is 2.35. The van der Waals surface area contributed by atoms with E-state index < -0.39 is 11.6 Å². The van der Waals surface area contributed by atoms with Gasteiger partial charge in [-0.15, -0.1) is 0 Å². The van der Waals surface area contributed by atoms with Crippen molar-refractivity contribution in [1.29, 1.82) is 0 Å². The fraction of sp³-hybridized carbons (Fsp3) is 0.500. The predicted molar refractivity (Wildman–Crippen MR) is 66.4 cm³/mol. The van der Waals surface area contributed by atoms with Gasteiger partial charge in [0.2, 0.25) is 0 Å². The van der Waals surface area contributed by atoms with Gasteiger partial charge in [0.25, 0.3) is 0 Å². The molecule has 1 fully saturated rings. The molecule has 1 aromatic rings. The Morgan fingerprint density at radius 3 is 3.00 bits per heavy atom. The molecule has 1 atom stereocenters. The molecule has 1 aromatic carbocycles. The molecule has 0 aromatic heterocycles. The van der Waals surface area contributed by atoms with Crippen molar-refractivity contribution in [3.05, 3.63) is 35.4 Å². The molecule has 1 aliphatic heterocycles. The number of nitrogens with zero attached hydrogens (tertiary/aromatic N) is 1. The largest absolute Gasteiger partial charge is 0.469 e. The van der Waals surface area contributed by atoms with E-state index in [2.05, 4.69) is 0 Å². The van der Waals surface area contributed by atoms with Crippen LogP contribution in [-0.2, 0) is 16.1 Å². The fourth-order valence-electron chi connectivity index (χ4n) is 2.47. The molecule has 0 spiro atoms. The van der Waals surface area contributed by atoms with Crippen molar-refractivity contribution in [2.24, 2.45) is 5.92 Å². The van der Waals surface area contributed by atoms with Gasteiger partial charge in [0.1, 0.15) is 0 Å². The summed E-state index contributed by atoms with van der Waals surface area (Å²) in [5.41, 5.74) is 0.325. The van der Waals surface area contributed by atoms with Gasteiger partial charge in [0, 0.05) is 18.7 Å². The quantitative estimate of drug-likeness (QED) is 0.789. The molecule has 19 heavy (non-hydrogen) atoms. The van der Waals surface area contributed by atoms with Crippen molar-refractivity contribution < 1.29 is 18.3 Å². The number of methoxy groups -OCH3 is 1. The zero-order valence-electron chi connectivity index (χ0n) is 10.9. The molecule has 0 unspecified atom stereocenters. The number of benzene rings is 1. The Morgan fingerprint density at radius 2 is 2.26 bits per heavy atom. The molecule has 1 saturated heterocycles. The minimum absolute atomic E-state index is 0.171. The summed E-state index contributed by atoms with van der Waals surface area (Å²) in [6.45, 7) is 1.63. The molecule has 0 radical (unpaired) electrons. The van der Waals surface area contributed by atoms with Crippen LogP contribution < -0.4 is 0 Å². The molecule has 3 nitrogen and oxygen atoms in total. The monoisotopic (exact) mass is 269 g/mol. The lowest BCUT2D eigenvalue weighted by Crippen LogP contribution is -2.38. The van der Waals surface area contributed by atoms with Crippen LogP contribution in [0.15, 0.2) is 18.2 Å². The summed E-state index contributed by atoms with van der Waals surface area (Å²) in [4.78, 5) is 13.5. The standard InChI is InChI=1S/C14H17F2NO2/c1-19-14(18)11-5-3-7-17(9-11)8-10-4-2-6-12(15)13(10)16/h2,4,6,11H,3,5,7-9H2,1H3/t11-/m0/s1. The number of ether oxygens (including phenoxy) is 1. The molecule has 0 amide bonds. The van der Waals surface area contributed by atoms with Crippen LogP contribution in [-0.4, -0.2) is 31.1 Å². The van der Waals surface area contributed by atoms with E-state index in [0.717, 1.165) is 25.5 Å². The molecule has 5 heteroatoms. The Labute approximate surface area is 111 Å². The number of piperidine rings is 1. The average molecular weight is 269 g/mol. The zero-order chi connectivity index (χ0) is 13.8. The molecular weight excluding hydrogens is 252 g/mol. The summed E-state index contributed by atoms with van der Waals surface area (Å²) < 4.78 is 31.4. The van der Waals surface area contributed by atoms with Gasteiger partial charge in [0.05, 0.1) is 13.0 Å². The topological polar surface area (TPSA) is 29.5 Å². The summed E-state index contributed by atoms with van der Waals surface area (Å²) in [6.07, 6.45) is 1.64. The number of halogens is 2. The van der Waals surface area contributed by atoms with Crippen molar-refractivity contribution in [1.82, 2.24) is 4.90 Å². The number of rotatable bonds is 3. The molecular formula is C14H17F2NO2. The van der Waals surface area contributed by atoms with Crippen molar-refractivity contribution in [3.63, 3.8) is 0 Å². The number of likely N-dealkylation sites (tertiary alicyclic amines) is 1. The maximum absolute atomic E-state index is 13.6. The highest BCUT2D eigenvalue weighted by Gasteiger charge is 2.26. The third-order valence-corrected chi connectivity index (χ3v) is 3.47. The van der Waals surface area contributed by atoms with E-state index in [1.807, 2.05) is 4.90 Å². The summed E-state index contributed by atoms with van der Waals surface area (Å²) in [7, 11) is 1.37. The average Bonchev–Trinajstić information content (AvgIpc) is 2.43. The second kappa shape index (κ2) is 6.10. The van der Waals surface area contributed by atoms with Gasteiger partial charge in [-0.25, -0.2) is 8.78 Å². The number of hydrogen-bond acceptors (Lipinski definition) is 3. The first-order valence-electron chi connectivity index (χ1n) is 6.35. The van der Waals surface area contributed by atoms with Gasteiger partial charge in [-0.3, -0.25) is 9.69 Å². The molecule has 104 valence electrons. The van der Waals surface area contributed by atoms with Gasteiger partial charge >= 0.3 is 5.97 Å². The summed E-state index contributed by atoms with van der Waals surface area (Å²) in [6, 6.07) is 4.17. The van der Waals surface area contributed by atoms with Crippen LogP contribution in [0.25, 0.3) is 0 Å². The van der Waals surface area contributed by atoms with Crippen molar-refractivity contribution >= 4 is 5.97 Å². The highest BCUT2D eigenvalue weighted by Crippen LogP contribution is 2.21. The Morgan fingerprint density at radius 1 is 1.47 bits per heavy atom. The third kappa shape index (κ3) is 3.29. The number of esters is 1. The molecule has 0 aliphatic carbocycles. The molecule has 1 aliphatic rings. The maximum atomic E-state index is 13.6. The van der Waals surface area contributed by atoms with Gasteiger partial charge in [-0.2, -0.15) is 0 Å². The highest BCUT2D eigenvalue weighted by molar-refractivity contribution is 5.72. The first-order chi connectivity index (χ1) is 9.11. The third-order valence-electron chi connectivity index (χ3n) is 3.47. The SMILES string of the molecule is COC(=O)[C@H]1CCCN(Cc2cccc(F)c2F)C1. The molecule has 0 bridgehead atoms. The van der Waals surface area contributed by atoms with Crippen LogP contribution in [0.3, 0.4) is 0 Å². The maximum Gasteiger partial charge on any atom is 0.309 e. The van der Waals surface area contributed by atoms with Crippen LogP contribution in [0.1, 0.15) is 18.4 Å². The Balaban J connectivity index is 2.03. The molecule has 2 rings (SSSR count). The van der Waals surface area contributed by atoms with Crippen LogP contribution in [0.5, 0.6) is 0 Å². The van der Waals surface area contributed by atoms with Crippen molar-refractivity contribution in [2.45, 2.75) is 19.4 Å². The van der Waals surface area contributed by atoms with Gasteiger partial charge in [-0.05, 0) is 25.5 Å². The number of hydrogen-bond donors (Lipinski definition) is 0. The van der Waals surface area contributed by atoms with E-state index in [1.54, 1.807) is 6.07 Å². The summed E-state index contributed by atoms with van der Waals surface area (Å²) in [5, 5.41) is 0. The lowest BCUT2D eigenvalue weighted by atomic mass is 9.97. The first kappa shape index (κ1) is 13.9. The van der Waals surface area contributed by atoms with Gasteiger partial charge in [0.15, 0.2) is 11.6 Å². The van der Waals surface area contributed by atoms with Crippen LogP contribution in [0, 0.1) is 17.6 Å². The van der Waals surface area contributed by atoms with Gasteiger partial charge in [-0.1, -0.05) is 12.1 Å². The van der Waals surface area contributed by atoms with E-state index in [-0.39, 0.29) is 11.9 Å². The molecule has 0 saturated carbocycles.